The zero-order valence-corrected chi connectivity index (χ0v) is 16.8. The van der Waals surface area contributed by atoms with Crippen molar-refractivity contribution in [3.63, 3.8) is 0 Å². The molecular weight excluding hydrogens is 358 g/mol. The second-order valence-electron chi connectivity index (χ2n) is 6.62. The van der Waals surface area contributed by atoms with Crippen LogP contribution in [0.25, 0.3) is 0 Å². The number of hydrogen-bond donors (Lipinski definition) is 1. The molecule has 1 aromatic heterocycles. The first-order valence-electron chi connectivity index (χ1n) is 9.09. The molecule has 1 saturated heterocycles. The van der Waals surface area contributed by atoms with Crippen molar-refractivity contribution in [3.05, 3.63) is 16.1 Å². The van der Waals surface area contributed by atoms with Crippen molar-refractivity contribution in [3.8, 4) is 0 Å². The number of nitrogens with zero attached hydrogens (tertiary/aromatic N) is 2. The minimum absolute atomic E-state index is 0.0564. The van der Waals surface area contributed by atoms with Gasteiger partial charge in [-0.25, -0.2) is 17.7 Å². The molecule has 2 rings (SSSR count). The van der Waals surface area contributed by atoms with Crippen LogP contribution in [0.15, 0.2) is 5.38 Å². The molecule has 0 aromatic carbocycles. The van der Waals surface area contributed by atoms with Gasteiger partial charge in [0.25, 0.3) is 0 Å². The van der Waals surface area contributed by atoms with Crippen LogP contribution < -0.4 is 5.32 Å². The van der Waals surface area contributed by atoms with Gasteiger partial charge in [0.05, 0.1) is 10.8 Å². The monoisotopic (exact) mass is 387 g/mol. The van der Waals surface area contributed by atoms with Crippen LogP contribution >= 0.6 is 11.3 Å². The normalized spacial score (nSPS) is 16.9. The molecule has 8 heteroatoms. The van der Waals surface area contributed by atoms with Crippen LogP contribution in [0.3, 0.4) is 0 Å². The number of amides is 1. The van der Waals surface area contributed by atoms with E-state index in [1.54, 1.807) is 15.6 Å². The van der Waals surface area contributed by atoms with Gasteiger partial charge >= 0.3 is 0 Å². The van der Waals surface area contributed by atoms with Gasteiger partial charge in [-0.2, -0.15) is 0 Å². The molecule has 0 unspecified atom stereocenters. The Kier molecular flexibility index (Phi) is 7.83. The van der Waals surface area contributed by atoms with Gasteiger partial charge in [0, 0.05) is 43.0 Å². The molecule has 0 aliphatic carbocycles. The number of aromatic nitrogens is 1. The maximum atomic E-state index is 12.2. The molecule has 2 heterocycles. The average Bonchev–Trinajstić information content (AvgIpc) is 3.02. The highest BCUT2D eigenvalue weighted by atomic mass is 32.2. The average molecular weight is 388 g/mol. The third-order valence-electron chi connectivity index (χ3n) is 4.51. The molecule has 142 valence electrons. The zero-order valence-electron chi connectivity index (χ0n) is 15.2. The van der Waals surface area contributed by atoms with E-state index in [4.69, 9.17) is 0 Å². The van der Waals surface area contributed by atoms with E-state index in [1.165, 1.54) is 0 Å². The summed E-state index contributed by atoms with van der Waals surface area (Å²) in [7, 11) is -3.15. The summed E-state index contributed by atoms with van der Waals surface area (Å²) in [5.41, 5.74) is 1.05. The lowest BCUT2D eigenvalue weighted by Gasteiger charge is -2.30. The first kappa shape index (κ1) is 20.3. The molecule has 0 spiro atoms. The second-order valence-corrected chi connectivity index (χ2v) is 9.65. The fourth-order valence-corrected chi connectivity index (χ4v) is 5.46. The molecular formula is C17H29N3O3S2. The first-order valence-corrected chi connectivity index (χ1v) is 11.6. The summed E-state index contributed by atoms with van der Waals surface area (Å²) in [6.45, 7) is 5.54. The van der Waals surface area contributed by atoms with Gasteiger partial charge in [0.15, 0.2) is 0 Å². The van der Waals surface area contributed by atoms with Crippen molar-refractivity contribution >= 4 is 27.3 Å². The van der Waals surface area contributed by atoms with Crippen molar-refractivity contribution in [2.75, 3.05) is 25.4 Å². The fourth-order valence-electron chi connectivity index (χ4n) is 2.97. The van der Waals surface area contributed by atoms with Crippen LogP contribution in [0, 0.1) is 12.8 Å². The largest absolute Gasteiger partial charge is 0.356 e. The summed E-state index contributed by atoms with van der Waals surface area (Å²) < 4.78 is 25.9. The third-order valence-corrected chi connectivity index (χ3v) is 7.49. The smallest absolute Gasteiger partial charge is 0.223 e. The molecule has 1 aliphatic rings. The number of carbonyl (C=O) groups is 1. The number of rotatable bonds is 9. The first-order chi connectivity index (χ1) is 11.9. The Morgan fingerprint density at radius 1 is 1.36 bits per heavy atom. The molecule has 1 fully saturated rings. The maximum absolute atomic E-state index is 12.2. The molecule has 1 aliphatic heterocycles. The number of hydrogen-bond acceptors (Lipinski definition) is 5. The van der Waals surface area contributed by atoms with Gasteiger partial charge in [-0.05, 0) is 32.6 Å². The highest BCUT2D eigenvalue weighted by Crippen LogP contribution is 2.20. The van der Waals surface area contributed by atoms with E-state index >= 15 is 0 Å². The highest BCUT2D eigenvalue weighted by molar-refractivity contribution is 7.89. The number of aryl methyl sites for hydroxylation is 2. The lowest BCUT2D eigenvalue weighted by Crippen LogP contribution is -2.43. The number of thiazole rings is 1. The highest BCUT2D eigenvalue weighted by Gasteiger charge is 2.30. The van der Waals surface area contributed by atoms with Crippen LogP contribution in [0.4, 0.5) is 0 Å². The Balaban J connectivity index is 1.67. The standard InChI is InChI=1S/C17H29N3O3S2/c1-3-4-12-25(22,23)20-10-7-15(8-11-20)17(21)18-9-5-6-16-19-14(2)13-24-16/h13,15H,3-12H2,1-2H3,(H,18,21). The quantitative estimate of drug-likeness (QED) is 0.660. The second kappa shape index (κ2) is 9.64. The molecule has 1 aromatic rings. The van der Waals surface area contributed by atoms with E-state index in [0.29, 0.717) is 38.9 Å². The van der Waals surface area contributed by atoms with Crippen molar-refractivity contribution in [2.45, 2.75) is 52.4 Å². The van der Waals surface area contributed by atoms with Crippen molar-refractivity contribution in [1.29, 1.82) is 0 Å². The lowest BCUT2D eigenvalue weighted by molar-refractivity contribution is -0.126. The van der Waals surface area contributed by atoms with E-state index in [1.807, 2.05) is 19.2 Å². The predicted molar refractivity (Wildman–Crippen MR) is 101 cm³/mol. The van der Waals surface area contributed by atoms with Gasteiger partial charge in [-0.1, -0.05) is 13.3 Å². The van der Waals surface area contributed by atoms with Gasteiger partial charge < -0.3 is 5.32 Å². The van der Waals surface area contributed by atoms with E-state index in [0.717, 1.165) is 30.0 Å². The Morgan fingerprint density at radius 2 is 2.08 bits per heavy atom. The van der Waals surface area contributed by atoms with Gasteiger partial charge in [0.2, 0.25) is 15.9 Å². The number of sulfonamides is 1. The molecule has 25 heavy (non-hydrogen) atoms. The van der Waals surface area contributed by atoms with E-state index < -0.39 is 10.0 Å². The number of nitrogens with one attached hydrogen (secondary N) is 1. The van der Waals surface area contributed by atoms with Crippen molar-refractivity contribution in [2.24, 2.45) is 5.92 Å². The molecule has 1 N–H and O–H groups in total. The Labute approximate surface area is 155 Å². The van der Waals surface area contributed by atoms with E-state index in [9.17, 15) is 13.2 Å². The topological polar surface area (TPSA) is 79.4 Å². The van der Waals surface area contributed by atoms with Crippen LogP contribution in [0.2, 0.25) is 0 Å². The number of unbranched alkanes of at least 4 members (excludes halogenated alkanes) is 1. The third kappa shape index (κ3) is 6.34. The van der Waals surface area contributed by atoms with Crippen molar-refractivity contribution in [1.82, 2.24) is 14.6 Å². The minimum atomic E-state index is -3.15. The van der Waals surface area contributed by atoms with Crippen LogP contribution in [0.1, 0.15) is 49.7 Å². The minimum Gasteiger partial charge on any atom is -0.356 e. The Morgan fingerprint density at radius 3 is 2.68 bits per heavy atom. The van der Waals surface area contributed by atoms with E-state index in [-0.39, 0.29) is 17.6 Å². The van der Waals surface area contributed by atoms with Gasteiger partial charge in [0.1, 0.15) is 0 Å². The summed E-state index contributed by atoms with van der Waals surface area (Å²) in [6, 6.07) is 0. The summed E-state index contributed by atoms with van der Waals surface area (Å²) in [6.07, 6.45) is 4.56. The Bertz CT molecular complexity index is 650. The molecule has 0 radical (unpaired) electrons. The summed E-state index contributed by atoms with van der Waals surface area (Å²) in [4.78, 5) is 16.7. The van der Waals surface area contributed by atoms with Crippen LogP contribution in [-0.2, 0) is 21.2 Å². The van der Waals surface area contributed by atoms with E-state index in [2.05, 4.69) is 10.3 Å². The van der Waals surface area contributed by atoms with Gasteiger partial charge in [-0.15, -0.1) is 11.3 Å². The summed E-state index contributed by atoms with van der Waals surface area (Å²) in [5, 5.41) is 6.13. The number of piperidine rings is 1. The summed E-state index contributed by atoms with van der Waals surface area (Å²) >= 11 is 1.66. The lowest BCUT2D eigenvalue weighted by atomic mass is 9.97. The predicted octanol–water partition coefficient (Wildman–Crippen LogP) is 2.34. The van der Waals surface area contributed by atoms with Crippen LogP contribution in [-0.4, -0.2) is 49.0 Å². The number of carbonyl (C=O) groups excluding carboxylic acids is 1. The van der Waals surface area contributed by atoms with Crippen LogP contribution in [0.5, 0.6) is 0 Å². The maximum Gasteiger partial charge on any atom is 0.223 e. The molecule has 0 bridgehead atoms. The molecule has 1 amide bonds. The molecule has 0 atom stereocenters. The molecule has 6 nitrogen and oxygen atoms in total. The molecule has 0 saturated carbocycles. The fraction of sp³-hybridized carbons (Fsp3) is 0.765. The van der Waals surface area contributed by atoms with Gasteiger partial charge in [-0.3, -0.25) is 4.79 Å². The Hall–Kier alpha value is -0.990. The summed E-state index contributed by atoms with van der Waals surface area (Å²) in [5.74, 6) is 0.206. The SMILES string of the molecule is CCCCS(=O)(=O)N1CCC(C(=O)NCCCc2nc(C)cs2)CC1. The van der Waals surface area contributed by atoms with Crippen molar-refractivity contribution < 1.29 is 13.2 Å². The zero-order chi connectivity index (χ0) is 18.3.